The van der Waals surface area contributed by atoms with Gasteiger partial charge in [0, 0.05) is 26.1 Å². The van der Waals surface area contributed by atoms with Crippen molar-refractivity contribution in [1.82, 2.24) is 0 Å². The zero-order valence-corrected chi connectivity index (χ0v) is 31.1. The molecule has 1 atom stereocenters. The van der Waals surface area contributed by atoms with Crippen molar-refractivity contribution in [3.63, 3.8) is 0 Å². The van der Waals surface area contributed by atoms with Crippen LogP contribution in [0.2, 0.25) is 0 Å². The Bertz CT molecular complexity index is 2950. The lowest BCUT2D eigenvalue weighted by Crippen LogP contribution is -2.47. The van der Waals surface area contributed by atoms with E-state index in [9.17, 15) is 0 Å². The number of thiophene rings is 1. The molecule has 1 heterocycles. The third-order valence-corrected chi connectivity index (χ3v) is 15.7. The lowest BCUT2D eigenvalue weighted by molar-refractivity contribution is -0.0424. The van der Waals surface area contributed by atoms with Crippen LogP contribution < -0.4 is 0 Å². The monoisotopic (exact) mass is 708 g/mol. The van der Waals surface area contributed by atoms with Crippen molar-refractivity contribution >= 4 is 63.8 Å². The predicted octanol–water partition coefficient (Wildman–Crippen LogP) is 15.0. The smallest absolute Gasteiger partial charge is 0.0361 e. The molecule has 54 heavy (non-hydrogen) atoms. The van der Waals surface area contributed by atoms with Gasteiger partial charge in [0.1, 0.15) is 0 Å². The molecule has 258 valence electrons. The van der Waals surface area contributed by atoms with Gasteiger partial charge in [-0.2, -0.15) is 0 Å². The highest BCUT2D eigenvalue weighted by atomic mass is 32.1. The van der Waals surface area contributed by atoms with Gasteiger partial charge in [0.25, 0.3) is 0 Å². The number of hydrogen-bond acceptors (Lipinski definition) is 1. The lowest BCUT2D eigenvalue weighted by Gasteiger charge is -2.56. The summed E-state index contributed by atoms with van der Waals surface area (Å²) in [5, 5.41) is 10.8. The summed E-state index contributed by atoms with van der Waals surface area (Å²) in [6.07, 6.45) is 7.36. The minimum Gasteiger partial charge on any atom is -0.135 e. The maximum absolute atomic E-state index is 2.60. The van der Waals surface area contributed by atoms with Crippen molar-refractivity contribution in [3.05, 3.63) is 157 Å². The molecule has 1 unspecified atom stereocenters. The third-order valence-electron chi connectivity index (χ3n) is 14.5. The average Bonchev–Trinajstić information content (AvgIpc) is 3.74. The minimum atomic E-state index is 0.503. The van der Waals surface area contributed by atoms with E-state index in [4.69, 9.17) is 0 Å². The summed E-state index contributed by atoms with van der Waals surface area (Å²) < 4.78 is 2.70. The lowest BCUT2D eigenvalue weighted by atomic mass is 9.49. The van der Waals surface area contributed by atoms with Gasteiger partial charge in [0.2, 0.25) is 0 Å². The van der Waals surface area contributed by atoms with Crippen molar-refractivity contribution < 1.29 is 0 Å². The summed E-state index contributed by atoms with van der Waals surface area (Å²) in [7, 11) is 0. The molecule has 8 aromatic carbocycles. The first-order chi connectivity index (χ1) is 26.7. The summed E-state index contributed by atoms with van der Waals surface area (Å²) >= 11 is 1.91. The minimum absolute atomic E-state index is 0.503. The second-order valence-corrected chi connectivity index (χ2v) is 18.3. The summed E-state index contributed by atoms with van der Waals surface area (Å²) in [5.74, 6) is 5.00. The summed E-state index contributed by atoms with van der Waals surface area (Å²) in [6, 6.07) is 56.1. The van der Waals surface area contributed by atoms with Crippen LogP contribution in [0.4, 0.5) is 0 Å². The van der Waals surface area contributed by atoms with Gasteiger partial charge in [-0.1, -0.05) is 127 Å². The normalized spacial score (nSPS) is 23.9. The third kappa shape index (κ3) is 4.14. The zero-order valence-electron chi connectivity index (χ0n) is 30.3. The molecule has 0 N–H and O–H groups in total. The molecular weight excluding hydrogens is 669 g/mol. The van der Waals surface area contributed by atoms with E-state index in [1.807, 2.05) is 11.3 Å². The Morgan fingerprint density at radius 1 is 0.389 bits per heavy atom. The van der Waals surface area contributed by atoms with E-state index in [-0.39, 0.29) is 0 Å². The van der Waals surface area contributed by atoms with Gasteiger partial charge < -0.3 is 0 Å². The fraction of sp³-hybridized carbons (Fsp3) is 0.208. The van der Waals surface area contributed by atoms with Crippen LogP contribution >= 0.6 is 11.3 Å². The maximum atomic E-state index is 2.60. The Hall–Kier alpha value is -5.24. The van der Waals surface area contributed by atoms with E-state index < -0.39 is 0 Å². The molecule has 5 aliphatic rings. The number of benzene rings is 8. The van der Waals surface area contributed by atoms with Crippen molar-refractivity contribution in [2.75, 3.05) is 0 Å². The van der Waals surface area contributed by atoms with Crippen LogP contribution in [0.3, 0.4) is 0 Å². The molecule has 0 radical (unpaired) electrons. The molecule has 1 aromatic heterocycles. The van der Waals surface area contributed by atoms with Gasteiger partial charge >= 0.3 is 0 Å². The molecule has 0 amide bonds. The molecule has 14 rings (SSSR count). The number of fused-ring (bicyclic) bond motifs is 10. The van der Waals surface area contributed by atoms with Crippen LogP contribution in [-0.2, 0) is 0 Å². The van der Waals surface area contributed by atoms with Crippen LogP contribution in [0, 0.1) is 29.6 Å². The Balaban J connectivity index is 1.04. The molecule has 4 bridgehead atoms. The molecule has 0 saturated heterocycles. The second kappa shape index (κ2) is 11.2. The van der Waals surface area contributed by atoms with Crippen LogP contribution in [0.15, 0.2) is 146 Å². The Morgan fingerprint density at radius 2 is 0.926 bits per heavy atom. The van der Waals surface area contributed by atoms with Gasteiger partial charge in [-0.05, 0) is 157 Å². The average molecular weight is 709 g/mol. The van der Waals surface area contributed by atoms with Gasteiger partial charge in [-0.3, -0.25) is 0 Å². The van der Waals surface area contributed by atoms with E-state index in [2.05, 4.69) is 146 Å². The van der Waals surface area contributed by atoms with Crippen LogP contribution in [0.25, 0.3) is 85.9 Å². The summed E-state index contributed by atoms with van der Waals surface area (Å²) in [6.45, 7) is 0. The topological polar surface area (TPSA) is 0 Å². The molecule has 0 nitrogen and oxygen atoms in total. The molecule has 9 aromatic rings. The Labute approximate surface area is 320 Å². The van der Waals surface area contributed by atoms with Crippen molar-refractivity contribution in [2.24, 2.45) is 29.6 Å². The molecule has 4 saturated carbocycles. The largest absolute Gasteiger partial charge is 0.135 e. The van der Waals surface area contributed by atoms with Crippen molar-refractivity contribution in [1.29, 1.82) is 0 Å². The summed E-state index contributed by atoms with van der Waals surface area (Å²) in [5.41, 5.74) is 11.5. The van der Waals surface area contributed by atoms with Gasteiger partial charge in [-0.25, -0.2) is 0 Å². The van der Waals surface area contributed by atoms with Crippen molar-refractivity contribution in [2.45, 2.75) is 38.0 Å². The first-order valence-electron chi connectivity index (χ1n) is 20.3. The standard InChI is InChI=1S/C53H40S/c1-2-10-37-32(9-1)17-22-45-52(37)46-28-33(19-21-44(46)53(45)49-35-24-30-23-31(26-35)27-36(49)25-30)50-40-12-3-5-14-42(40)51(43-15-6-4-13-41(43)50)34-18-20-39-38-11-7-8-16-47(38)54-48(39)29-34/h1-22,28-31,35-36,49,53H,23-27H2. The molecular formula is C53H40S. The van der Waals surface area contributed by atoms with E-state index in [1.165, 1.54) is 118 Å². The van der Waals surface area contributed by atoms with Crippen molar-refractivity contribution in [3.8, 4) is 33.4 Å². The molecule has 5 aliphatic carbocycles. The highest BCUT2D eigenvalue weighted by molar-refractivity contribution is 7.25. The first-order valence-corrected chi connectivity index (χ1v) is 21.1. The molecule has 0 spiro atoms. The van der Waals surface area contributed by atoms with Crippen LogP contribution in [-0.4, -0.2) is 0 Å². The van der Waals surface area contributed by atoms with Gasteiger partial charge in [-0.15, -0.1) is 11.3 Å². The van der Waals surface area contributed by atoms with Crippen LogP contribution in [0.5, 0.6) is 0 Å². The number of hydrogen-bond donors (Lipinski definition) is 0. The zero-order chi connectivity index (χ0) is 35.1. The fourth-order valence-corrected chi connectivity index (χ4v) is 13.9. The first kappa shape index (κ1) is 30.1. The Kier molecular flexibility index (Phi) is 6.22. The summed E-state index contributed by atoms with van der Waals surface area (Å²) in [4.78, 5) is 0. The molecule has 1 heteroatoms. The quantitative estimate of drug-likeness (QED) is 0.160. The second-order valence-electron chi connectivity index (χ2n) is 17.2. The number of rotatable bonds is 3. The van der Waals surface area contributed by atoms with E-state index in [1.54, 1.807) is 11.1 Å². The van der Waals surface area contributed by atoms with E-state index in [0.29, 0.717) is 5.92 Å². The highest BCUT2D eigenvalue weighted by Crippen LogP contribution is 2.64. The van der Waals surface area contributed by atoms with E-state index >= 15 is 0 Å². The SMILES string of the molecule is c1ccc2c3c(ccc2c1)C(C1C2CC4CC(C2)CC1C4)c1ccc(-c2c4ccccc4c(-c4ccc5c(c4)sc4ccccc45)c4ccccc24)cc1-3. The predicted molar refractivity (Wildman–Crippen MR) is 231 cm³/mol. The van der Waals surface area contributed by atoms with E-state index in [0.717, 1.165) is 29.6 Å². The molecule has 0 aliphatic heterocycles. The maximum Gasteiger partial charge on any atom is 0.0361 e. The van der Waals surface area contributed by atoms with Crippen LogP contribution in [0.1, 0.15) is 49.1 Å². The fourth-order valence-electron chi connectivity index (χ4n) is 12.8. The Morgan fingerprint density at radius 3 is 1.61 bits per heavy atom. The highest BCUT2D eigenvalue weighted by Gasteiger charge is 2.52. The molecule has 4 fully saturated rings. The van der Waals surface area contributed by atoms with Gasteiger partial charge in [0.05, 0.1) is 0 Å². The van der Waals surface area contributed by atoms with Gasteiger partial charge in [0.15, 0.2) is 0 Å².